The van der Waals surface area contributed by atoms with Crippen LogP contribution in [0.5, 0.6) is 5.75 Å². The van der Waals surface area contributed by atoms with Crippen LogP contribution in [0, 0.1) is 11.3 Å². The molecule has 0 aromatic heterocycles. The van der Waals surface area contributed by atoms with Crippen molar-refractivity contribution in [1.82, 2.24) is 4.31 Å². The van der Waals surface area contributed by atoms with Crippen molar-refractivity contribution >= 4 is 28.4 Å². The van der Waals surface area contributed by atoms with Crippen LogP contribution in [0.2, 0.25) is 0 Å². The highest BCUT2D eigenvalue weighted by Crippen LogP contribution is 2.40. The second-order valence-electron chi connectivity index (χ2n) is 8.17. The second kappa shape index (κ2) is 10.5. The Balaban J connectivity index is 0.00000342. The molecule has 1 fully saturated rings. The standard InChI is InChI=1S/C25H23N3O5S.ClH/c26-15-18-9-11-21(12-10-18)33-25(20-6-2-1-3-7-20)16-28(17-25)34(31,32)22-8-4-5-19(13-22)14-23(27)24(29)30;/h1-13,23H,14,16-17,27H2,(H,29,30);1H/t23-;/m0./s1. The molecule has 0 unspecified atom stereocenters. The highest BCUT2D eigenvalue weighted by molar-refractivity contribution is 7.89. The number of carbonyl (C=O) groups is 1. The van der Waals surface area contributed by atoms with E-state index in [4.69, 9.17) is 20.8 Å². The third kappa shape index (κ3) is 5.47. The van der Waals surface area contributed by atoms with E-state index in [-0.39, 0.29) is 36.8 Å². The Labute approximate surface area is 210 Å². The van der Waals surface area contributed by atoms with Gasteiger partial charge in [-0.1, -0.05) is 42.5 Å². The molecular weight excluding hydrogens is 490 g/mol. The molecule has 0 saturated carbocycles. The Hall–Kier alpha value is -3.42. The van der Waals surface area contributed by atoms with Crippen molar-refractivity contribution < 1.29 is 23.1 Å². The van der Waals surface area contributed by atoms with Crippen LogP contribution in [-0.4, -0.2) is 42.9 Å². The van der Waals surface area contributed by atoms with Crippen LogP contribution in [0.15, 0.2) is 83.8 Å². The smallest absolute Gasteiger partial charge is 0.320 e. The molecular formula is C25H24ClN3O5S. The van der Waals surface area contributed by atoms with E-state index in [9.17, 15) is 13.2 Å². The number of carboxylic acid groups (broad SMARTS) is 1. The Bertz CT molecular complexity index is 1340. The lowest BCUT2D eigenvalue weighted by atomic mass is 9.87. The van der Waals surface area contributed by atoms with Crippen molar-refractivity contribution in [3.63, 3.8) is 0 Å². The zero-order chi connectivity index (χ0) is 24.3. The highest BCUT2D eigenvalue weighted by atomic mass is 35.5. The third-order valence-electron chi connectivity index (χ3n) is 5.77. The Kier molecular flexibility index (Phi) is 7.83. The number of nitriles is 1. The average molecular weight is 514 g/mol. The van der Waals surface area contributed by atoms with Crippen LogP contribution >= 0.6 is 12.4 Å². The van der Waals surface area contributed by atoms with E-state index < -0.39 is 27.6 Å². The molecule has 4 rings (SSSR count). The van der Waals surface area contributed by atoms with Gasteiger partial charge < -0.3 is 15.6 Å². The van der Waals surface area contributed by atoms with Crippen LogP contribution < -0.4 is 10.5 Å². The fourth-order valence-corrected chi connectivity index (χ4v) is 5.49. The van der Waals surface area contributed by atoms with Crippen molar-refractivity contribution in [3.8, 4) is 11.8 Å². The topological polar surface area (TPSA) is 134 Å². The summed E-state index contributed by atoms with van der Waals surface area (Å²) in [6.45, 7) is 0.191. The number of carboxylic acids is 1. The minimum Gasteiger partial charge on any atom is -0.480 e. The molecule has 1 atom stereocenters. The lowest BCUT2D eigenvalue weighted by Crippen LogP contribution is -2.64. The number of hydrogen-bond donors (Lipinski definition) is 2. The molecule has 0 spiro atoms. The van der Waals surface area contributed by atoms with Gasteiger partial charge in [0.05, 0.1) is 29.6 Å². The SMILES string of the molecule is Cl.N#Cc1ccc(OC2(c3ccccc3)CN(S(=O)(=O)c3cccc(C[C@H](N)C(=O)O)c3)C2)cc1. The molecule has 1 heterocycles. The maximum Gasteiger partial charge on any atom is 0.320 e. The van der Waals surface area contributed by atoms with Crippen molar-refractivity contribution in [2.75, 3.05) is 13.1 Å². The van der Waals surface area contributed by atoms with Gasteiger partial charge in [0.2, 0.25) is 10.0 Å². The summed E-state index contributed by atoms with van der Waals surface area (Å²) in [5.41, 5.74) is 6.59. The largest absolute Gasteiger partial charge is 0.480 e. The van der Waals surface area contributed by atoms with E-state index in [1.807, 2.05) is 30.3 Å². The number of aliphatic carboxylic acids is 1. The predicted octanol–water partition coefficient (Wildman–Crippen LogP) is 2.91. The van der Waals surface area contributed by atoms with Crippen LogP contribution in [0.1, 0.15) is 16.7 Å². The number of benzene rings is 3. The molecule has 8 nitrogen and oxygen atoms in total. The molecule has 1 aliphatic heterocycles. The summed E-state index contributed by atoms with van der Waals surface area (Å²) in [5.74, 6) is -0.617. The lowest BCUT2D eigenvalue weighted by Gasteiger charge is -2.48. The summed E-state index contributed by atoms with van der Waals surface area (Å²) in [4.78, 5) is 11.1. The Morgan fingerprint density at radius 3 is 2.34 bits per heavy atom. The first-order chi connectivity index (χ1) is 16.2. The van der Waals surface area contributed by atoms with Gasteiger partial charge in [0.15, 0.2) is 5.60 Å². The normalized spacial score (nSPS) is 15.7. The summed E-state index contributed by atoms with van der Waals surface area (Å²) < 4.78 is 34.3. The molecule has 0 bridgehead atoms. The highest BCUT2D eigenvalue weighted by Gasteiger charge is 2.52. The molecule has 35 heavy (non-hydrogen) atoms. The summed E-state index contributed by atoms with van der Waals surface area (Å²) in [6.07, 6.45) is 0.0223. The minimum absolute atomic E-state index is 0. The van der Waals surface area contributed by atoms with Crippen LogP contribution in [-0.2, 0) is 26.8 Å². The maximum atomic E-state index is 13.3. The number of halogens is 1. The van der Waals surface area contributed by atoms with Crippen molar-refractivity contribution in [2.45, 2.75) is 23.0 Å². The van der Waals surface area contributed by atoms with Crippen molar-refractivity contribution in [2.24, 2.45) is 5.73 Å². The Morgan fingerprint density at radius 2 is 1.74 bits per heavy atom. The van der Waals surface area contributed by atoms with E-state index in [0.29, 0.717) is 16.9 Å². The van der Waals surface area contributed by atoms with Crippen LogP contribution in [0.4, 0.5) is 0 Å². The van der Waals surface area contributed by atoms with Gasteiger partial charge in [0.1, 0.15) is 11.8 Å². The van der Waals surface area contributed by atoms with Gasteiger partial charge >= 0.3 is 5.97 Å². The molecule has 3 aromatic carbocycles. The molecule has 3 N–H and O–H groups in total. The fraction of sp³-hybridized carbons (Fsp3) is 0.200. The molecule has 3 aromatic rings. The third-order valence-corrected chi connectivity index (χ3v) is 7.56. The van der Waals surface area contributed by atoms with E-state index in [1.54, 1.807) is 36.4 Å². The van der Waals surface area contributed by atoms with Crippen molar-refractivity contribution in [1.29, 1.82) is 5.26 Å². The van der Waals surface area contributed by atoms with E-state index in [0.717, 1.165) is 5.56 Å². The number of nitrogens with zero attached hydrogens (tertiary/aromatic N) is 2. The average Bonchev–Trinajstić information content (AvgIpc) is 2.82. The van der Waals surface area contributed by atoms with Gasteiger partial charge in [-0.3, -0.25) is 4.79 Å². The van der Waals surface area contributed by atoms with Gasteiger partial charge in [-0.25, -0.2) is 8.42 Å². The number of ether oxygens (including phenoxy) is 1. The van der Waals surface area contributed by atoms with Gasteiger partial charge in [0.25, 0.3) is 0 Å². The molecule has 0 radical (unpaired) electrons. The van der Waals surface area contributed by atoms with Crippen LogP contribution in [0.3, 0.4) is 0 Å². The number of sulfonamides is 1. The van der Waals surface area contributed by atoms with Gasteiger partial charge in [-0.05, 0) is 53.9 Å². The van der Waals surface area contributed by atoms with Gasteiger partial charge in [-0.15, -0.1) is 12.4 Å². The predicted molar refractivity (Wildman–Crippen MR) is 132 cm³/mol. The minimum atomic E-state index is -3.84. The molecule has 0 aliphatic carbocycles. The first kappa shape index (κ1) is 26.2. The monoisotopic (exact) mass is 513 g/mol. The summed E-state index contributed by atoms with van der Waals surface area (Å²) in [5, 5.41) is 18.1. The maximum absolute atomic E-state index is 13.3. The fourth-order valence-electron chi connectivity index (χ4n) is 3.89. The zero-order valence-corrected chi connectivity index (χ0v) is 20.2. The zero-order valence-electron chi connectivity index (χ0n) is 18.6. The molecule has 1 saturated heterocycles. The Morgan fingerprint density at radius 1 is 1.09 bits per heavy atom. The summed E-state index contributed by atoms with van der Waals surface area (Å²) >= 11 is 0. The lowest BCUT2D eigenvalue weighted by molar-refractivity contribution is -0.138. The number of nitrogens with two attached hydrogens (primary N) is 1. The van der Waals surface area contributed by atoms with Crippen LogP contribution in [0.25, 0.3) is 0 Å². The quantitative estimate of drug-likeness (QED) is 0.473. The molecule has 182 valence electrons. The van der Waals surface area contributed by atoms with E-state index in [2.05, 4.69) is 6.07 Å². The van der Waals surface area contributed by atoms with Gasteiger partial charge in [-0.2, -0.15) is 9.57 Å². The molecule has 10 heteroatoms. The number of hydrogen-bond acceptors (Lipinski definition) is 6. The van der Waals surface area contributed by atoms with Crippen molar-refractivity contribution in [3.05, 3.63) is 95.6 Å². The first-order valence-corrected chi connectivity index (χ1v) is 12.0. The van der Waals surface area contributed by atoms with E-state index >= 15 is 0 Å². The molecule has 1 aliphatic rings. The van der Waals surface area contributed by atoms with E-state index in [1.165, 1.54) is 16.4 Å². The second-order valence-corrected chi connectivity index (χ2v) is 10.1. The summed E-state index contributed by atoms with van der Waals surface area (Å²) in [6, 6.07) is 23.2. The first-order valence-electron chi connectivity index (χ1n) is 10.6. The van der Waals surface area contributed by atoms with Gasteiger partial charge in [0, 0.05) is 0 Å². The summed E-state index contributed by atoms with van der Waals surface area (Å²) in [7, 11) is -3.84. The number of rotatable bonds is 8. The molecule has 0 amide bonds.